The summed E-state index contributed by atoms with van der Waals surface area (Å²) in [6.45, 7) is 2.53. The minimum absolute atomic E-state index is 0.0982. The van der Waals surface area contributed by atoms with E-state index in [0.717, 1.165) is 22.7 Å². The van der Waals surface area contributed by atoms with Gasteiger partial charge in [0.05, 0.1) is 39.8 Å². The molecule has 1 aromatic carbocycles. The molecule has 0 bridgehead atoms. The molecule has 0 aromatic heterocycles. The van der Waals surface area contributed by atoms with Gasteiger partial charge in [0.1, 0.15) is 6.04 Å². The number of methoxy groups -OCH3 is 1. The first-order valence-corrected chi connectivity index (χ1v) is 9.79. The van der Waals surface area contributed by atoms with Crippen molar-refractivity contribution in [1.29, 1.82) is 0 Å². The smallest absolute Gasteiger partial charge is 0.330 e. The molecule has 150 valence electrons. The fraction of sp³-hybridized carbons (Fsp3) is 0.526. The Bertz CT molecular complexity index is 847. The van der Waals surface area contributed by atoms with Crippen molar-refractivity contribution >= 4 is 35.1 Å². The van der Waals surface area contributed by atoms with Crippen LogP contribution in [0, 0.1) is 5.41 Å². The molecule has 4 rings (SSSR count). The second-order valence-electron chi connectivity index (χ2n) is 7.71. The van der Waals surface area contributed by atoms with E-state index in [-0.39, 0.29) is 25.6 Å². The van der Waals surface area contributed by atoms with Gasteiger partial charge in [0.15, 0.2) is 5.41 Å². The maximum atomic E-state index is 13.6. The van der Waals surface area contributed by atoms with E-state index in [1.807, 2.05) is 12.1 Å². The first kappa shape index (κ1) is 19.2. The van der Waals surface area contributed by atoms with Gasteiger partial charge >= 0.3 is 6.03 Å². The van der Waals surface area contributed by atoms with Crippen LogP contribution in [0.4, 0.5) is 10.5 Å². The van der Waals surface area contributed by atoms with Crippen LogP contribution in [0.5, 0.6) is 0 Å². The molecule has 0 aliphatic carbocycles. The molecule has 0 saturated carbocycles. The van der Waals surface area contributed by atoms with Crippen molar-refractivity contribution in [3.63, 3.8) is 0 Å². The minimum Gasteiger partial charge on any atom is -0.383 e. The number of benzene rings is 1. The van der Waals surface area contributed by atoms with Crippen LogP contribution < -0.4 is 15.1 Å². The number of halogens is 1. The summed E-state index contributed by atoms with van der Waals surface area (Å²) in [7, 11) is 3.56. The Kier molecular flexibility index (Phi) is 4.81. The molecule has 2 saturated heterocycles. The fourth-order valence-corrected chi connectivity index (χ4v) is 4.90. The summed E-state index contributed by atoms with van der Waals surface area (Å²) >= 11 is 6.47. The molecule has 1 spiro atoms. The number of carbonyl (C=O) groups excluding carboxylic acids is 3. The summed E-state index contributed by atoms with van der Waals surface area (Å²) in [6, 6.07) is 4.61. The number of fused-ring (bicyclic) bond motifs is 4. The molecule has 3 heterocycles. The van der Waals surface area contributed by atoms with Crippen molar-refractivity contribution in [1.82, 2.24) is 10.2 Å². The summed E-state index contributed by atoms with van der Waals surface area (Å²) in [4.78, 5) is 43.7. The van der Waals surface area contributed by atoms with Crippen LogP contribution in [-0.2, 0) is 20.7 Å². The van der Waals surface area contributed by atoms with E-state index in [1.165, 1.54) is 12.0 Å². The van der Waals surface area contributed by atoms with Crippen LogP contribution in [0.3, 0.4) is 0 Å². The second-order valence-corrected chi connectivity index (χ2v) is 8.12. The molecule has 3 aliphatic heterocycles. The average molecular weight is 408 g/mol. The lowest BCUT2D eigenvalue weighted by Crippen LogP contribution is -3.14. The number of ether oxygens (including phenoxy) is 1. The number of barbiturate groups is 1. The monoisotopic (exact) mass is 407 g/mol. The Morgan fingerprint density at radius 1 is 1.36 bits per heavy atom. The van der Waals surface area contributed by atoms with Crippen molar-refractivity contribution < 1.29 is 24.0 Å². The Balaban J connectivity index is 1.85. The highest BCUT2D eigenvalue weighted by Gasteiger charge is 2.63. The van der Waals surface area contributed by atoms with Gasteiger partial charge in [-0.1, -0.05) is 17.7 Å². The van der Waals surface area contributed by atoms with E-state index in [2.05, 4.69) is 17.3 Å². The van der Waals surface area contributed by atoms with Gasteiger partial charge in [0, 0.05) is 24.2 Å². The number of hydrogen-bond donors (Lipinski definition) is 2. The van der Waals surface area contributed by atoms with E-state index >= 15 is 0 Å². The second kappa shape index (κ2) is 7.02. The van der Waals surface area contributed by atoms with Crippen LogP contribution in [0.25, 0.3) is 0 Å². The van der Waals surface area contributed by atoms with Crippen LogP contribution in [0.1, 0.15) is 5.56 Å². The molecule has 28 heavy (non-hydrogen) atoms. The van der Waals surface area contributed by atoms with E-state index in [0.29, 0.717) is 18.1 Å². The van der Waals surface area contributed by atoms with Crippen LogP contribution >= 0.6 is 11.6 Å². The molecule has 2 N–H and O–H groups in total. The highest BCUT2D eigenvalue weighted by atomic mass is 35.5. The largest absolute Gasteiger partial charge is 0.383 e. The van der Waals surface area contributed by atoms with Crippen LogP contribution in [-0.4, -0.2) is 75.7 Å². The quantitative estimate of drug-likeness (QED) is 0.648. The van der Waals surface area contributed by atoms with Crippen molar-refractivity contribution in [3.8, 4) is 0 Å². The number of rotatable bonds is 3. The van der Waals surface area contributed by atoms with Gasteiger partial charge in [0.25, 0.3) is 0 Å². The molecule has 1 aromatic rings. The zero-order valence-corrected chi connectivity index (χ0v) is 16.7. The average Bonchev–Trinajstić information content (AvgIpc) is 2.66. The number of anilines is 1. The Morgan fingerprint density at radius 2 is 2.14 bits per heavy atom. The van der Waals surface area contributed by atoms with Crippen molar-refractivity contribution in [2.24, 2.45) is 5.41 Å². The van der Waals surface area contributed by atoms with Crippen LogP contribution in [0.15, 0.2) is 18.2 Å². The lowest BCUT2D eigenvalue weighted by Gasteiger charge is -2.53. The predicted octanol–water partition coefficient (Wildman–Crippen LogP) is -0.689. The predicted molar refractivity (Wildman–Crippen MR) is 102 cm³/mol. The Hall–Kier alpha value is -2.16. The number of likely N-dealkylation sites (N-methyl/N-ethyl adjacent to an activating group) is 1. The Labute approximate surface area is 168 Å². The number of carbonyl (C=O) groups is 3. The van der Waals surface area contributed by atoms with Gasteiger partial charge in [-0.3, -0.25) is 19.8 Å². The summed E-state index contributed by atoms with van der Waals surface area (Å²) < 4.78 is 5.05. The summed E-state index contributed by atoms with van der Waals surface area (Å²) in [5.74, 6) is -1.000. The third-order valence-corrected chi connectivity index (χ3v) is 6.50. The van der Waals surface area contributed by atoms with Crippen molar-refractivity contribution in [3.05, 3.63) is 28.8 Å². The molecular formula is C19H24ClN4O4+. The van der Waals surface area contributed by atoms with Gasteiger partial charge in [-0.2, -0.15) is 0 Å². The molecule has 8 nitrogen and oxygen atoms in total. The molecule has 3 aliphatic rings. The van der Waals surface area contributed by atoms with Gasteiger partial charge in [-0.15, -0.1) is 0 Å². The third kappa shape index (κ3) is 2.70. The number of nitrogens with zero attached hydrogens (tertiary/aromatic N) is 2. The lowest BCUT2D eigenvalue weighted by molar-refractivity contribution is -0.883. The zero-order valence-electron chi connectivity index (χ0n) is 16.0. The third-order valence-electron chi connectivity index (χ3n) is 6.14. The number of urea groups is 1. The topological polar surface area (TPSA) is 83.4 Å². The number of hydrogen-bond acceptors (Lipinski definition) is 5. The van der Waals surface area contributed by atoms with E-state index in [4.69, 9.17) is 16.3 Å². The SMILES string of the molecule is COCCN1C(=O)NC(=O)[C@]2(Cc3c(Cl)cccc3N3CC[NH+](C)C[C@@H]32)C1=O. The number of amides is 4. The number of nitrogens with one attached hydrogen (secondary N) is 2. The van der Waals surface area contributed by atoms with Gasteiger partial charge in [0.2, 0.25) is 11.8 Å². The molecule has 0 radical (unpaired) electrons. The highest BCUT2D eigenvalue weighted by molar-refractivity contribution is 6.32. The summed E-state index contributed by atoms with van der Waals surface area (Å²) in [5.41, 5.74) is 0.363. The summed E-state index contributed by atoms with van der Waals surface area (Å²) in [5, 5.41) is 2.95. The van der Waals surface area contributed by atoms with Crippen molar-refractivity contribution in [2.75, 3.05) is 51.8 Å². The normalized spacial score (nSPS) is 29.6. The molecule has 9 heteroatoms. The lowest BCUT2D eigenvalue weighted by atomic mass is 9.67. The van der Waals surface area contributed by atoms with Gasteiger partial charge in [-0.25, -0.2) is 4.79 Å². The first-order chi connectivity index (χ1) is 13.4. The van der Waals surface area contributed by atoms with E-state index in [1.54, 1.807) is 6.07 Å². The standard InChI is InChI=1S/C19H23ClN4O4/c1-22-6-7-23-14-5-3-4-13(20)12(14)10-19(15(23)11-22)16(25)21-18(27)24(17(19)26)8-9-28-2/h3-5,15H,6-11H2,1-2H3,(H,21,25,27)/p+1/t15-,19-/m1/s1. The molecular weight excluding hydrogens is 384 g/mol. The maximum Gasteiger partial charge on any atom is 0.330 e. The van der Waals surface area contributed by atoms with Crippen molar-refractivity contribution in [2.45, 2.75) is 12.5 Å². The minimum atomic E-state index is -1.39. The maximum absolute atomic E-state index is 13.6. The molecule has 1 unspecified atom stereocenters. The summed E-state index contributed by atoms with van der Waals surface area (Å²) in [6.07, 6.45) is 0.178. The zero-order chi connectivity index (χ0) is 20.1. The van der Waals surface area contributed by atoms with Gasteiger partial charge in [-0.05, 0) is 17.7 Å². The van der Waals surface area contributed by atoms with E-state index < -0.39 is 23.3 Å². The van der Waals surface area contributed by atoms with Crippen LogP contribution in [0.2, 0.25) is 5.02 Å². The highest BCUT2D eigenvalue weighted by Crippen LogP contribution is 2.46. The Morgan fingerprint density at radius 3 is 2.89 bits per heavy atom. The fourth-order valence-electron chi connectivity index (χ4n) is 4.67. The first-order valence-electron chi connectivity index (χ1n) is 9.41. The number of piperazine rings is 1. The number of imide groups is 2. The number of quaternary nitrogens is 1. The molecule has 3 atom stereocenters. The van der Waals surface area contributed by atoms with E-state index in [9.17, 15) is 14.4 Å². The van der Waals surface area contributed by atoms with Gasteiger partial charge < -0.3 is 14.5 Å². The molecule has 4 amide bonds. The molecule has 2 fully saturated rings.